The van der Waals surface area contributed by atoms with Gasteiger partial charge < -0.3 is 4.42 Å². The summed E-state index contributed by atoms with van der Waals surface area (Å²) >= 11 is 8.97. The summed E-state index contributed by atoms with van der Waals surface area (Å²) in [7, 11) is 0. The minimum Gasteiger partial charge on any atom is -0.464 e. The Hall–Kier alpha value is -0.870. The van der Waals surface area contributed by atoms with Crippen molar-refractivity contribution in [3.63, 3.8) is 0 Å². The molecule has 1 heterocycles. The summed E-state index contributed by atoms with van der Waals surface area (Å²) in [6.45, 7) is 1.76. The third-order valence-electron chi connectivity index (χ3n) is 2.32. The monoisotopic (exact) mass is 320 g/mol. The molecule has 90 valence electrons. The quantitative estimate of drug-likeness (QED) is 0.563. The molecule has 0 N–H and O–H groups in total. The Morgan fingerprint density at radius 1 is 1.24 bits per heavy atom. The third kappa shape index (κ3) is 2.53. The Morgan fingerprint density at radius 2 is 1.94 bits per heavy atom. The highest BCUT2D eigenvalue weighted by Gasteiger charge is 2.20. The normalized spacial score (nSPS) is 12.8. The lowest BCUT2D eigenvalue weighted by Crippen LogP contribution is -1.97. The SMILES string of the molecule is Cc1ccc(C(Cl)c2cc(F)c(Br)cc2F)o1. The van der Waals surface area contributed by atoms with Crippen molar-refractivity contribution in [3.05, 3.63) is 57.5 Å². The van der Waals surface area contributed by atoms with Gasteiger partial charge in [0.05, 0.1) is 4.47 Å². The summed E-state index contributed by atoms with van der Waals surface area (Å²) in [6.07, 6.45) is 0. The van der Waals surface area contributed by atoms with Crippen molar-refractivity contribution >= 4 is 27.5 Å². The van der Waals surface area contributed by atoms with Crippen LogP contribution in [-0.2, 0) is 0 Å². The van der Waals surface area contributed by atoms with E-state index in [9.17, 15) is 8.78 Å². The maximum atomic E-state index is 13.7. The van der Waals surface area contributed by atoms with Crippen molar-refractivity contribution in [1.29, 1.82) is 0 Å². The second kappa shape index (κ2) is 4.78. The number of alkyl halides is 1. The topological polar surface area (TPSA) is 13.1 Å². The highest BCUT2D eigenvalue weighted by Crippen LogP contribution is 2.33. The number of rotatable bonds is 2. The van der Waals surface area contributed by atoms with E-state index < -0.39 is 17.0 Å². The van der Waals surface area contributed by atoms with Gasteiger partial charge in [0.2, 0.25) is 0 Å². The van der Waals surface area contributed by atoms with Crippen LogP contribution in [0.2, 0.25) is 0 Å². The molecule has 0 saturated heterocycles. The van der Waals surface area contributed by atoms with E-state index in [4.69, 9.17) is 16.0 Å². The third-order valence-corrected chi connectivity index (χ3v) is 3.38. The number of hydrogen-bond donors (Lipinski definition) is 0. The van der Waals surface area contributed by atoms with E-state index in [1.807, 2.05) is 0 Å². The van der Waals surface area contributed by atoms with E-state index >= 15 is 0 Å². The average Bonchev–Trinajstić information content (AvgIpc) is 2.69. The van der Waals surface area contributed by atoms with Crippen molar-refractivity contribution in [3.8, 4) is 0 Å². The first-order valence-electron chi connectivity index (χ1n) is 4.84. The first-order valence-corrected chi connectivity index (χ1v) is 6.07. The van der Waals surface area contributed by atoms with Crippen molar-refractivity contribution in [1.82, 2.24) is 0 Å². The largest absolute Gasteiger partial charge is 0.464 e. The molecule has 5 heteroatoms. The van der Waals surface area contributed by atoms with Gasteiger partial charge in [0.15, 0.2) is 0 Å². The summed E-state index contributed by atoms with van der Waals surface area (Å²) in [5.74, 6) is -0.0731. The van der Waals surface area contributed by atoms with Crippen LogP contribution < -0.4 is 0 Å². The van der Waals surface area contributed by atoms with Gasteiger partial charge in [0, 0.05) is 5.56 Å². The Bertz CT molecular complexity index is 553. The van der Waals surface area contributed by atoms with Crippen molar-refractivity contribution < 1.29 is 13.2 Å². The Morgan fingerprint density at radius 3 is 2.53 bits per heavy atom. The predicted octanol–water partition coefficient (Wildman–Crippen LogP) is 4.96. The number of benzene rings is 1. The second-order valence-corrected chi connectivity index (χ2v) is 4.89. The molecule has 0 aliphatic heterocycles. The van der Waals surface area contributed by atoms with E-state index in [0.29, 0.717) is 11.5 Å². The van der Waals surface area contributed by atoms with E-state index in [1.54, 1.807) is 19.1 Å². The molecule has 2 aromatic rings. The molecule has 0 saturated carbocycles. The zero-order valence-electron chi connectivity index (χ0n) is 8.81. The van der Waals surface area contributed by atoms with Crippen LogP contribution in [0.4, 0.5) is 8.78 Å². The Labute approximate surface area is 111 Å². The second-order valence-electron chi connectivity index (χ2n) is 3.60. The maximum Gasteiger partial charge on any atom is 0.137 e. The van der Waals surface area contributed by atoms with Crippen LogP contribution in [-0.4, -0.2) is 0 Å². The molecule has 0 amide bonds. The first-order chi connectivity index (χ1) is 7.99. The summed E-state index contributed by atoms with van der Waals surface area (Å²) in [6, 6.07) is 5.48. The highest BCUT2D eigenvalue weighted by atomic mass is 79.9. The molecular weight excluding hydrogens is 313 g/mol. The van der Waals surface area contributed by atoms with Crippen LogP contribution in [0, 0.1) is 18.6 Å². The highest BCUT2D eigenvalue weighted by molar-refractivity contribution is 9.10. The zero-order chi connectivity index (χ0) is 12.6. The summed E-state index contributed by atoms with van der Waals surface area (Å²) in [5, 5.41) is -0.841. The van der Waals surface area contributed by atoms with Crippen LogP contribution in [0.15, 0.2) is 33.2 Å². The molecule has 2 rings (SSSR count). The summed E-state index contributed by atoms with van der Waals surface area (Å²) in [4.78, 5) is 0. The molecule has 1 atom stereocenters. The lowest BCUT2D eigenvalue weighted by molar-refractivity contribution is 0.483. The molecule has 0 aliphatic rings. The van der Waals surface area contributed by atoms with E-state index in [0.717, 1.165) is 12.1 Å². The molecule has 0 radical (unpaired) electrons. The van der Waals surface area contributed by atoms with Gasteiger partial charge in [-0.05, 0) is 47.1 Å². The summed E-state index contributed by atoms with van der Waals surface area (Å²) < 4.78 is 32.3. The molecule has 1 unspecified atom stereocenters. The molecule has 1 nitrogen and oxygen atoms in total. The van der Waals surface area contributed by atoms with Crippen molar-refractivity contribution in [2.24, 2.45) is 0 Å². The fourth-order valence-corrected chi connectivity index (χ4v) is 2.08. The molecule has 0 aliphatic carbocycles. The Balaban J connectivity index is 2.43. The molecule has 1 aromatic carbocycles. The van der Waals surface area contributed by atoms with Crippen LogP contribution in [0.25, 0.3) is 0 Å². The fraction of sp³-hybridized carbons (Fsp3) is 0.167. The van der Waals surface area contributed by atoms with Crippen LogP contribution in [0.3, 0.4) is 0 Å². The average molecular weight is 322 g/mol. The van der Waals surface area contributed by atoms with Gasteiger partial charge in [-0.2, -0.15) is 0 Å². The standard InChI is InChI=1S/C12H8BrClF2O/c1-6-2-3-11(17-6)12(14)7-4-10(16)8(13)5-9(7)15/h2-5,12H,1H3. The van der Waals surface area contributed by atoms with Crippen LogP contribution >= 0.6 is 27.5 Å². The molecule has 0 fully saturated rings. The Kier molecular flexibility index (Phi) is 3.54. The molecule has 0 bridgehead atoms. The first kappa shape index (κ1) is 12.6. The molecule has 0 spiro atoms. The van der Waals surface area contributed by atoms with E-state index in [1.165, 1.54) is 0 Å². The van der Waals surface area contributed by atoms with E-state index in [2.05, 4.69) is 15.9 Å². The molecular formula is C12H8BrClF2O. The minimum absolute atomic E-state index is 0.0571. The minimum atomic E-state index is -0.841. The molecule has 17 heavy (non-hydrogen) atoms. The van der Waals surface area contributed by atoms with Gasteiger partial charge in [-0.25, -0.2) is 8.78 Å². The van der Waals surface area contributed by atoms with Crippen molar-refractivity contribution in [2.45, 2.75) is 12.3 Å². The van der Waals surface area contributed by atoms with Gasteiger partial charge in [0.25, 0.3) is 0 Å². The predicted molar refractivity (Wildman–Crippen MR) is 65.2 cm³/mol. The van der Waals surface area contributed by atoms with Crippen LogP contribution in [0.5, 0.6) is 0 Å². The van der Waals surface area contributed by atoms with Crippen molar-refractivity contribution in [2.75, 3.05) is 0 Å². The lowest BCUT2D eigenvalue weighted by atomic mass is 10.1. The fourth-order valence-electron chi connectivity index (χ4n) is 1.48. The number of furan rings is 1. The number of hydrogen-bond acceptors (Lipinski definition) is 1. The van der Waals surface area contributed by atoms with Gasteiger partial charge in [-0.15, -0.1) is 11.6 Å². The number of aryl methyl sites for hydroxylation is 1. The van der Waals surface area contributed by atoms with Gasteiger partial charge in [-0.3, -0.25) is 0 Å². The lowest BCUT2D eigenvalue weighted by Gasteiger charge is -2.09. The zero-order valence-corrected chi connectivity index (χ0v) is 11.1. The van der Waals surface area contributed by atoms with Gasteiger partial charge >= 0.3 is 0 Å². The maximum absolute atomic E-state index is 13.7. The van der Waals surface area contributed by atoms with E-state index in [-0.39, 0.29) is 10.0 Å². The van der Waals surface area contributed by atoms with Crippen LogP contribution in [0.1, 0.15) is 22.5 Å². The number of halogens is 4. The summed E-state index contributed by atoms with van der Waals surface area (Å²) in [5.41, 5.74) is 0.0571. The van der Waals surface area contributed by atoms with Gasteiger partial charge in [-0.1, -0.05) is 0 Å². The molecule has 1 aromatic heterocycles. The van der Waals surface area contributed by atoms with Gasteiger partial charge in [0.1, 0.15) is 28.5 Å². The smallest absolute Gasteiger partial charge is 0.137 e.